The summed E-state index contributed by atoms with van der Waals surface area (Å²) in [5.74, 6) is 3.99. The Kier molecular flexibility index (Phi) is 2.01. The summed E-state index contributed by atoms with van der Waals surface area (Å²) in [5.41, 5.74) is 2.57. The van der Waals surface area contributed by atoms with Gasteiger partial charge in [-0.1, -0.05) is 0 Å². The Morgan fingerprint density at radius 3 is 2.06 bits per heavy atom. The normalized spacial score (nSPS) is 43.3. The topological polar surface area (TPSA) is 17.8 Å². The van der Waals surface area contributed by atoms with E-state index in [1.165, 1.54) is 43.5 Å². The first kappa shape index (κ1) is 10.2. The van der Waals surface area contributed by atoms with Crippen LogP contribution in [-0.2, 0) is 0 Å². The number of aryl methyl sites for hydroxylation is 2. The zero-order valence-corrected chi connectivity index (χ0v) is 10.9. The van der Waals surface area contributed by atoms with Crippen LogP contribution in [-0.4, -0.2) is 9.78 Å². The van der Waals surface area contributed by atoms with Crippen LogP contribution in [0, 0.1) is 37.5 Å². The number of hydrogen-bond acceptors (Lipinski definition) is 1. The van der Waals surface area contributed by atoms with E-state index in [1.807, 2.05) is 0 Å². The van der Waals surface area contributed by atoms with Crippen molar-refractivity contribution < 1.29 is 0 Å². The second-order valence-corrected chi connectivity index (χ2v) is 6.79. The quantitative estimate of drug-likeness (QED) is 0.722. The number of rotatable bonds is 1. The highest BCUT2D eigenvalue weighted by atomic mass is 15.3. The molecule has 1 aromatic heterocycles. The minimum atomic E-state index is 0.733. The third-order valence-electron chi connectivity index (χ3n) is 5.50. The fourth-order valence-electron chi connectivity index (χ4n) is 5.24. The van der Waals surface area contributed by atoms with E-state index in [9.17, 15) is 0 Å². The molecule has 4 aliphatic carbocycles. The predicted octanol–water partition coefficient (Wildman–Crippen LogP) is 3.50. The molecule has 4 saturated carbocycles. The molecule has 0 unspecified atom stereocenters. The van der Waals surface area contributed by atoms with E-state index in [0.717, 1.165) is 29.7 Å². The molecule has 0 aromatic carbocycles. The summed E-state index contributed by atoms with van der Waals surface area (Å²) in [6, 6.07) is 2.97. The molecule has 4 aliphatic rings. The Hall–Kier alpha value is -0.790. The standard InChI is InChI=1S/C15H22N2/c1-9-3-10(2)17(16-9)15-13-5-11-4-12(7-13)8-14(15)6-11/h3,11-15H,4-8H2,1-2H3. The van der Waals surface area contributed by atoms with Crippen LogP contribution in [0.1, 0.15) is 49.5 Å². The summed E-state index contributed by atoms with van der Waals surface area (Å²) in [6.45, 7) is 4.35. The first-order valence-corrected chi connectivity index (χ1v) is 7.23. The van der Waals surface area contributed by atoms with Gasteiger partial charge in [-0.3, -0.25) is 4.68 Å². The summed E-state index contributed by atoms with van der Waals surface area (Å²) >= 11 is 0. The van der Waals surface area contributed by atoms with E-state index < -0.39 is 0 Å². The van der Waals surface area contributed by atoms with Crippen LogP contribution in [0.4, 0.5) is 0 Å². The second-order valence-electron chi connectivity index (χ2n) is 6.79. The lowest BCUT2D eigenvalue weighted by molar-refractivity contribution is -0.0344. The van der Waals surface area contributed by atoms with Gasteiger partial charge in [-0.25, -0.2) is 0 Å². The van der Waals surface area contributed by atoms with Crippen molar-refractivity contribution in [1.29, 1.82) is 0 Å². The molecule has 0 saturated heterocycles. The fraction of sp³-hybridized carbons (Fsp3) is 0.800. The summed E-state index contributed by atoms with van der Waals surface area (Å²) < 4.78 is 2.38. The Balaban J connectivity index is 1.72. The van der Waals surface area contributed by atoms with Gasteiger partial charge >= 0.3 is 0 Å². The molecule has 0 aliphatic heterocycles. The highest BCUT2D eigenvalue weighted by Crippen LogP contribution is 2.58. The van der Waals surface area contributed by atoms with Crippen molar-refractivity contribution in [3.05, 3.63) is 17.5 Å². The third-order valence-corrected chi connectivity index (χ3v) is 5.50. The van der Waals surface area contributed by atoms with Gasteiger partial charge in [-0.15, -0.1) is 0 Å². The molecule has 1 heterocycles. The molecule has 92 valence electrons. The van der Waals surface area contributed by atoms with Crippen LogP contribution in [0.2, 0.25) is 0 Å². The Bertz CT molecular complexity index is 418. The summed E-state index contributed by atoms with van der Waals surface area (Å²) in [7, 11) is 0. The molecule has 0 spiro atoms. The Morgan fingerprint density at radius 2 is 1.59 bits per heavy atom. The van der Waals surface area contributed by atoms with Crippen molar-refractivity contribution in [3.8, 4) is 0 Å². The van der Waals surface area contributed by atoms with Gasteiger partial charge in [-0.05, 0) is 75.7 Å². The molecule has 5 rings (SSSR count). The molecule has 0 atom stereocenters. The van der Waals surface area contributed by atoms with Crippen LogP contribution in [0.25, 0.3) is 0 Å². The monoisotopic (exact) mass is 230 g/mol. The van der Waals surface area contributed by atoms with Crippen LogP contribution in [0.3, 0.4) is 0 Å². The van der Waals surface area contributed by atoms with Gasteiger partial charge < -0.3 is 0 Å². The first-order chi connectivity index (χ1) is 8.20. The SMILES string of the molecule is Cc1cc(C)n(C2C3CC4CC(C3)CC2C4)n1. The van der Waals surface area contributed by atoms with Crippen molar-refractivity contribution in [2.75, 3.05) is 0 Å². The summed E-state index contributed by atoms with van der Waals surface area (Å²) in [5, 5.41) is 4.77. The summed E-state index contributed by atoms with van der Waals surface area (Å²) in [4.78, 5) is 0. The molecular formula is C15H22N2. The molecule has 0 amide bonds. The zero-order chi connectivity index (χ0) is 11.6. The van der Waals surface area contributed by atoms with Gasteiger partial charge in [-0.2, -0.15) is 5.10 Å². The second kappa shape index (κ2) is 3.37. The molecule has 4 fully saturated rings. The number of hydrogen-bond donors (Lipinski definition) is 0. The maximum absolute atomic E-state index is 4.77. The lowest BCUT2D eigenvalue weighted by atomic mass is 9.54. The van der Waals surface area contributed by atoms with Gasteiger partial charge in [0.25, 0.3) is 0 Å². The van der Waals surface area contributed by atoms with Crippen molar-refractivity contribution in [2.45, 2.75) is 52.0 Å². The highest BCUT2D eigenvalue weighted by molar-refractivity contribution is 5.11. The smallest absolute Gasteiger partial charge is 0.0596 e. The zero-order valence-electron chi connectivity index (χ0n) is 10.9. The molecule has 4 bridgehead atoms. The van der Waals surface area contributed by atoms with Crippen molar-refractivity contribution in [1.82, 2.24) is 9.78 Å². The van der Waals surface area contributed by atoms with Gasteiger partial charge in [0.1, 0.15) is 0 Å². The molecule has 0 radical (unpaired) electrons. The minimum absolute atomic E-state index is 0.733. The van der Waals surface area contributed by atoms with Crippen LogP contribution in [0.15, 0.2) is 6.07 Å². The maximum Gasteiger partial charge on any atom is 0.0596 e. The van der Waals surface area contributed by atoms with E-state index >= 15 is 0 Å². The number of nitrogens with zero attached hydrogens (tertiary/aromatic N) is 2. The Morgan fingerprint density at radius 1 is 1.00 bits per heavy atom. The molecule has 2 heteroatoms. The van der Waals surface area contributed by atoms with Gasteiger partial charge in [0.05, 0.1) is 11.7 Å². The van der Waals surface area contributed by atoms with Gasteiger partial charge in [0, 0.05) is 5.69 Å². The molecule has 0 N–H and O–H groups in total. The minimum Gasteiger partial charge on any atom is -0.266 e. The van der Waals surface area contributed by atoms with Gasteiger partial charge in [0.2, 0.25) is 0 Å². The average molecular weight is 230 g/mol. The van der Waals surface area contributed by atoms with Crippen LogP contribution < -0.4 is 0 Å². The Labute approximate surface area is 103 Å². The van der Waals surface area contributed by atoms with Crippen molar-refractivity contribution >= 4 is 0 Å². The van der Waals surface area contributed by atoms with Crippen molar-refractivity contribution in [3.63, 3.8) is 0 Å². The highest BCUT2D eigenvalue weighted by Gasteiger charge is 2.49. The van der Waals surface area contributed by atoms with E-state index in [-0.39, 0.29) is 0 Å². The fourth-order valence-corrected chi connectivity index (χ4v) is 5.24. The lowest BCUT2D eigenvalue weighted by Crippen LogP contribution is -2.46. The molecule has 2 nitrogen and oxygen atoms in total. The van der Waals surface area contributed by atoms with E-state index in [1.54, 1.807) is 0 Å². The molecule has 17 heavy (non-hydrogen) atoms. The first-order valence-electron chi connectivity index (χ1n) is 7.23. The van der Waals surface area contributed by atoms with E-state index in [4.69, 9.17) is 5.10 Å². The largest absolute Gasteiger partial charge is 0.266 e. The number of aromatic nitrogens is 2. The maximum atomic E-state index is 4.77. The lowest BCUT2D eigenvalue weighted by Gasteiger charge is -2.54. The van der Waals surface area contributed by atoms with Gasteiger partial charge in [0.15, 0.2) is 0 Å². The van der Waals surface area contributed by atoms with E-state index in [0.29, 0.717) is 0 Å². The van der Waals surface area contributed by atoms with E-state index in [2.05, 4.69) is 24.6 Å². The third kappa shape index (κ3) is 1.42. The average Bonchev–Trinajstić information content (AvgIpc) is 2.56. The molecule has 1 aromatic rings. The summed E-state index contributed by atoms with van der Waals surface area (Å²) in [6.07, 6.45) is 7.47. The van der Waals surface area contributed by atoms with Crippen LogP contribution >= 0.6 is 0 Å². The van der Waals surface area contributed by atoms with Crippen LogP contribution in [0.5, 0.6) is 0 Å². The van der Waals surface area contributed by atoms with Crippen molar-refractivity contribution in [2.24, 2.45) is 23.7 Å². The molecular weight excluding hydrogens is 208 g/mol. The predicted molar refractivity (Wildman–Crippen MR) is 67.8 cm³/mol.